The number of phenolic OH excluding ortho intramolecular Hbond substituents is 1. The van der Waals surface area contributed by atoms with E-state index in [1.54, 1.807) is 0 Å². The molecule has 2 aromatic rings. The van der Waals surface area contributed by atoms with Crippen molar-refractivity contribution in [1.82, 2.24) is 4.98 Å². The van der Waals surface area contributed by atoms with Gasteiger partial charge in [0.2, 0.25) is 5.88 Å². The van der Waals surface area contributed by atoms with Crippen LogP contribution < -0.4 is 0 Å². The fourth-order valence-corrected chi connectivity index (χ4v) is 3.75. The van der Waals surface area contributed by atoms with Crippen LogP contribution in [0, 0.1) is 3.95 Å². The summed E-state index contributed by atoms with van der Waals surface area (Å²) in [7, 11) is 0. The summed E-state index contributed by atoms with van der Waals surface area (Å²) in [6.07, 6.45) is 0.593. The zero-order valence-electron chi connectivity index (χ0n) is 14.6. The summed E-state index contributed by atoms with van der Waals surface area (Å²) in [6, 6.07) is 4.07. The number of aromatic hydroxyl groups is 2. The Balaban J connectivity index is 2.60. The minimum Gasteiger partial charge on any atom is -0.507 e. The molecule has 0 aliphatic heterocycles. The Kier molecular flexibility index (Phi) is 4.66. The standard InChI is InChI=1S/C18H25NO2S2/c1-17(2,3)11-7-10(8-12(14(11)20)18(4,5)6)9-13-15(21)19-16(22)23-13/h7-8,20-21H,9H2,1-6H3,(H,19,22). The second kappa shape index (κ2) is 5.95. The topological polar surface area (TPSA) is 56.2 Å². The predicted octanol–water partition coefficient (Wildman–Crippen LogP) is 5.40. The lowest BCUT2D eigenvalue weighted by atomic mass is 9.78. The Bertz CT molecular complexity index is 739. The van der Waals surface area contributed by atoms with Gasteiger partial charge in [0.25, 0.3) is 0 Å². The van der Waals surface area contributed by atoms with Gasteiger partial charge in [-0.3, -0.25) is 0 Å². The van der Waals surface area contributed by atoms with Crippen LogP contribution in [0.15, 0.2) is 12.1 Å². The molecule has 1 aromatic heterocycles. The summed E-state index contributed by atoms with van der Waals surface area (Å²) < 4.78 is 0.573. The molecule has 0 aliphatic carbocycles. The lowest BCUT2D eigenvalue weighted by Crippen LogP contribution is -2.18. The molecular formula is C18H25NO2S2. The van der Waals surface area contributed by atoms with Gasteiger partial charge < -0.3 is 15.2 Å². The molecule has 0 saturated carbocycles. The van der Waals surface area contributed by atoms with Crippen LogP contribution in [0.3, 0.4) is 0 Å². The van der Waals surface area contributed by atoms with Gasteiger partial charge in [0.15, 0.2) is 3.95 Å². The van der Waals surface area contributed by atoms with Crippen molar-refractivity contribution in [3.05, 3.63) is 37.7 Å². The molecule has 0 fully saturated rings. The smallest absolute Gasteiger partial charge is 0.203 e. The number of aromatic nitrogens is 1. The molecule has 0 unspecified atom stereocenters. The van der Waals surface area contributed by atoms with Crippen molar-refractivity contribution in [1.29, 1.82) is 0 Å². The van der Waals surface area contributed by atoms with E-state index >= 15 is 0 Å². The molecular weight excluding hydrogens is 326 g/mol. The van der Waals surface area contributed by atoms with Crippen LogP contribution >= 0.6 is 23.6 Å². The van der Waals surface area contributed by atoms with Crippen molar-refractivity contribution in [3.8, 4) is 11.6 Å². The Hall–Kier alpha value is -1.33. The van der Waals surface area contributed by atoms with E-state index in [0.29, 0.717) is 16.1 Å². The minimum absolute atomic E-state index is 0.141. The van der Waals surface area contributed by atoms with Crippen LogP contribution in [0.2, 0.25) is 0 Å². The summed E-state index contributed by atoms with van der Waals surface area (Å²) in [5.41, 5.74) is 2.61. The molecule has 2 rings (SSSR count). The van der Waals surface area contributed by atoms with Gasteiger partial charge >= 0.3 is 0 Å². The summed E-state index contributed by atoms with van der Waals surface area (Å²) in [5, 5.41) is 20.7. The Morgan fingerprint density at radius 1 is 1.00 bits per heavy atom. The summed E-state index contributed by atoms with van der Waals surface area (Å²) in [5.74, 6) is 0.516. The summed E-state index contributed by atoms with van der Waals surface area (Å²) in [4.78, 5) is 3.59. The molecule has 3 nitrogen and oxygen atoms in total. The lowest BCUT2D eigenvalue weighted by Gasteiger charge is -2.28. The van der Waals surface area contributed by atoms with E-state index in [-0.39, 0.29) is 16.7 Å². The monoisotopic (exact) mass is 351 g/mol. The van der Waals surface area contributed by atoms with E-state index in [2.05, 4.69) is 46.5 Å². The zero-order chi connectivity index (χ0) is 17.6. The number of hydrogen-bond acceptors (Lipinski definition) is 4. The number of phenols is 1. The zero-order valence-corrected chi connectivity index (χ0v) is 16.2. The number of nitrogens with one attached hydrogen (secondary N) is 1. The van der Waals surface area contributed by atoms with Gasteiger partial charge in [-0.1, -0.05) is 53.7 Å². The number of hydrogen-bond donors (Lipinski definition) is 3. The number of benzene rings is 1. The van der Waals surface area contributed by atoms with Gasteiger partial charge in [-0.25, -0.2) is 0 Å². The van der Waals surface area contributed by atoms with Gasteiger partial charge in [0.1, 0.15) is 5.75 Å². The molecule has 0 bridgehead atoms. The highest BCUT2D eigenvalue weighted by Crippen LogP contribution is 2.40. The number of aromatic amines is 1. The Morgan fingerprint density at radius 3 is 1.83 bits per heavy atom. The van der Waals surface area contributed by atoms with Gasteiger partial charge in [-0.2, -0.15) is 0 Å². The molecule has 0 atom stereocenters. The first-order chi connectivity index (χ1) is 10.4. The van der Waals surface area contributed by atoms with Crippen molar-refractivity contribution in [2.24, 2.45) is 0 Å². The fraction of sp³-hybridized carbons (Fsp3) is 0.500. The third-order valence-corrected chi connectivity index (χ3v) is 5.07. The fourth-order valence-electron chi connectivity index (χ4n) is 2.60. The molecule has 1 heterocycles. The van der Waals surface area contributed by atoms with E-state index in [4.69, 9.17) is 12.2 Å². The third kappa shape index (κ3) is 3.96. The molecule has 126 valence electrons. The molecule has 5 heteroatoms. The third-order valence-electron chi connectivity index (χ3n) is 3.85. The average molecular weight is 352 g/mol. The van der Waals surface area contributed by atoms with Crippen LogP contribution in [-0.4, -0.2) is 15.2 Å². The van der Waals surface area contributed by atoms with Crippen LogP contribution in [-0.2, 0) is 17.3 Å². The van der Waals surface area contributed by atoms with E-state index in [1.165, 1.54) is 11.3 Å². The molecule has 0 aliphatic rings. The maximum Gasteiger partial charge on any atom is 0.203 e. The van der Waals surface area contributed by atoms with E-state index in [1.807, 2.05) is 12.1 Å². The summed E-state index contributed by atoms with van der Waals surface area (Å²) in [6.45, 7) is 12.6. The van der Waals surface area contributed by atoms with Gasteiger partial charge in [-0.15, -0.1) is 11.3 Å². The van der Waals surface area contributed by atoms with Crippen molar-refractivity contribution in [3.63, 3.8) is 0 Å². The number of H-pyrrole nitrogens is 1. The minimum atomic E-state index is -0.160. The maximum atomic E-state index is 10.7. The Labute approximate surface area is 147 Å². The van der Waals surface area contributed by atoms with Crippen LogP contribution in [0.5, 0.6) is 11.6 Å². The Morgan fingerprint density at radius 2 is 1.48 bits per heavy atom. The van der Waals surface area contributed by atoms with E-state index in [0.717, 1.165) is 21.6 Å². The number of rotatable bonds is 2. The first kappa shape index (κ1) is 18.0. The lowest BCUT2D eigenvalue weighted by molar-refractivity contribution is 0.422. The van der Waals surface area contributed by atoms with Crippen LogP contribution in [0.1, 0.15) is 63.1 Å². The SMILES string of the molecule is CC(C)(C)c1cc(Cc2sc(=S)[nH]c2O)cc(C(C)(C)C)c1O. The molecule has 0 saturated heterocycles. The molecule has 0 spiro atoms. The molecule has 1 aromatic carbocycles. The number of thiazole rings is 1. The second-order valence-electron chi connectivity index (χ2n) is 8.00. The molecule has 0 amide bonds. The normalized spacial score (nSPS) is 12.6. The highest BCUT2D eigenvalue weighted by Gasteiger charge is 2.26. The largest absolute Gasteiger partial charge is 0.507 e. The van der Waals surface area contributed by atoms with E-state index < -0.39 is 0 Å². The van der Waals surface area contributed by atoms with Crippen molar-refractivity contribution in [2.45, 2.75) is 58.8 Å². The predicted molar refractivity (Wildman–Crippen MR) is 99.5 cm³/mol. The quantitative estimate of drug-likeness (QED) is 0.635. The summed E-state index contributed by atoms with van der Waals surface area (Å²) >= 11 is 6.48. The molecule has 0 radical (unpaired) electrons. The highest BCUT2D eigenvalue weighted by molar-refractivity contribution is 7.73. The van der Waals surface area contributed by atoms with Crippen LogP contribution in [0.4, 0.5) is 0 Å². The van der Waals surface area contributed by atoms with Crippen molar-refractivity contribution in [2.75, 3.05) is 0 Å². The highest BCUT2D eigenvalue weighted by atomic mass is 32.1. The maximum absolute atomic E-state index is 10.7. The van der Waals surface area contributed by atoms with Crippen molar-refractivity contribution >= 4 is 23.6 Å². The molecule has 23 heavy (non-hydrogen) atoms. The van der Waals surface area contributed by atoms with Gasteiger partial charge in [0.05, 0.1) is 4.88 Å². The van der Waals surface area contributed by atoms with E-state index in [9.17, 15) is 10.2 Å². The van der Waals surface area contributed by atoms with Gasteiger partial charge in [-0.05, 0) is 39.7 Å². The van der Waals surface area contributed by atoms with Crippen LogP contribution in [0.25, 0.3) is 0 Å². The van der Waals surface area contributed by atoms with Crippen molar-refractivity contribution < 1.29 is 10.2 Å². The second-order valence-corrected chi connectivity index (χ2v) is 9.77. The first-order valence-corrected chi connectivity index (χ1v) is 8.90. The first-order valence-electron chi connectivity index (χ1n) is 7.67. The average Bonchev–Trinajstić information content (AvgIpc) is 2.67. The molecule has 3 N–H and O–H groups in total. The van der Waals surface area contributed by atoms with Gasteiger partial charge in [0, 0.05) is 6.42 Å².